The van der Waals surface area contributed by atoms with E-state index >= 15 is 0 Å². The number of hydrogen-bond acceptors (Lipinski definition) is 3. The predicted octanol–water partition coefficient (Wildman–Crippen LogP) is 7.07. The summed E-state index contributed by atoms with van der Waals surface area (Å²) in [5.41, 5.74) is 6.91. The first kappa shape index (κ1) is 25.5. The van der Waals surface area contributed by atoms with Crippen molar-refractivity contribution in [3.63, 3.8) is 0 Å². The van der Waals surface area contributed by atoms with Crippen molar-refractivity contribution in [3.8, 4) is 17.3 Å². The summed E-state index contributed by atoms with van der Waals surface area (Å²) in [5.74, 6) is 1.73. The summed E-state index contributed by atoms with van der Waals surface area (Å²) in [6.07, 6.45) is 3.02. The molecule has 1 aliphatic heterocycles. The second-order valence-electron chi connectivity index (χ2n) is 9.95. The zero-order valence-electron chi connectivity index (χ0n) is 23.0. The van der Waals surface area contributed by atoms with Crippen LogP contribution in [-0.2, 0) is 13.0 Å². The molecule has 6 rings (SSSR count). The van der Waals surface area contributed by atoms with E-state index in [1.807, 2.05) is 72.0 Å². The average Bonchev–Trinajstić information content (AvgIpc) is 3.55. The van der Waals surface area contributed by atoms with Gasteiger partial charge in [0.2, 0.25) is 0 Å². The Hall–Kier alpha value is -4.78. The van der Waals surface area contributed by atoms with Crippen LogP contribution in [0.25, 0.3) is 11.5 Å². The Labute approximate surface area is 234 Å². The third-order valence-corrected chi connectivity index (χ3v) is 7.47. The fourth-order valence-corrected chi connectivity index (χ4v) is 5.43. The molecule has 2 aromatic heterocycles. The number of fused-ring (bicyclic) bond motifs is 3. The number of aromatic nitrogens is 3. The van der Waals surface area contributed by atoms with Gasteiger partial charge in [0.1, 0.15) is 11.6 Å². The van der Waals surface area contributed by atoms with E-state index in [9.17, 15) is 4.79 Å². The zero-order chi connectivity index (χ0) is 27.6. The highest BCUT2D eigenvalue weighted by Crippen LogP contribution is 2.39. The summed E-state index contributed by atoms with van der Waals surface area (Å²) in [4.78, 5) is 16.0. The Bertz CT molecular complexity index is 1620. The zero-order valence-corrected chi connectivity index (χ0v) is 23.0. The van der Waals surface area contributed by atoms with E-state index in [0.29, 0.717) is 18.8 Å². The number of anilines is 1. The molecule has 0 fully saturated rings. The van der Waals surface area contributed by atoms with E-state index in [1.54, 1.807) is 0 Å². The molecule has 0 saturated carbocycles. The molecular weight excluding hydrogens is 498 g/mol. The maximum Gasteiger partial charge on any atom is 0.322 e. The van der Waals surface area contributed by atoms with E-state index in [4.69, 9.17) is 9.84 Å². The minimum Gasteiger partial charge on any atom is -0.494 e. The van der Waals surface area contributed by atoms with Crippen molar-refractivity contribution in [1.82, 2.24) is 19.2 Å². The third-order valence-electron chi connectivity index (χ3n) is 7.47. The second-order valence-corrected chi connectivity index (χ2v) is 9.95. The number of benzene rings is 3. The highest BCUT2D eigenvalue weighted by molar-refractivity contribution is 5.90. The van der Waals surface area contributed by atoms with Crippen molar-refractivity contribution in [2.45, 2.75) is 39.8 Å². The van der Waals surface area contributed by atoms with Crippen LogP contribution in [0.3, 0.4) is 0 Å². The lowest BCUT2D eigenvalue weighted by Gasteiger charge is -2.31. The number of amides is 2. The van der Waals surface area contributed by atoms with Crippen LogP contribution in [0.2, 0.25) is 0 Å². The molecule has 0 radical (unpaired) electrons. The topological polar surface area (TPSA) is 64.3 Å². The first-order valence-corrected chi connectivity index (χ1v) is 13.8. The van der Waals surface area contributed by atoms with Gasteiger partial charge in [-0.2, -0.15) is 5.10 Å². The van der Waals surface area contributed by atoms with Gasteiger partial charge in [-0.3, -0.25) is 0 Å². The van der Waals surface area contributed by atoms with Crippen molar-refractivity contribution in [1.29, 1.82) is 0 Å². The van der Waals surface area contributed by atoms with Crippen molar-refractivity contribution in [3.05, 3.63) is 125 Å². The summed E-state index contributed by atoms with van der Waals surface area (Å²) >= 11 is 0. The molecular formula is C33H33N5O2. The number of rotatable bonds is 6. The van der Waals surface area contributed by atoms with Crippen LogP contribution in [0.5, 0.6) is 5.75 Å². The van der Waals surface area contributed by atoms with Crippen LogP contribution in [0.4, 0.5) is 10.5 Å². The van der Waals surface area contributed by atoms with Gasteiger partial charge in [-0.1, -0.05) is 49.4 Å². The van der Waals surface area contributed by atoms with Gasteiger partial charge in [0, 0.05) is 17.4 Å². The van der Waals surface area contributed by atoms with Crippen molar-refractivity contribution < 1.29 is 9.53 Å². The van der Waals surface area contributed by atoms with Gasteiger partial charge in [-0.05, 0) is 79.9 Å². The molecule has 202 valence electrons. The first-order valence-electron chi connectivity index (χ1n) is 13.8. The van der Waals surface area contributed by atoms with Crippen molar-refractivity contribution in [2.24, 2.45) is 0 Å². The molecule has 1 N–H and O–H groups in total. The van der Waals surface area contributed by atoms with E-state index in [0.717, 1.165) is 46.2 Å². The number of para-hydroxylation sites is 1. The Kier molecular flexibility index (Phi) is 6.86. The van der Waals surface area contributed by atoms with Gasteiger partial charge in [-0.15, -0.1) is 0 Å². The van der Waals surface area contributed by atoms with Gasteiger partial charge >= 0.3 is 6.03 Å². The molecule has 1 aliphatic rings. The van der Waals surface area contributed by atoms with Gasteiger partial charge in [0.15, 0.2) is 0 Å². The molecule has 0 unspecified atom stereocenters. The van der Waals surface area contributed by atoms with E-state index in [1.165, 1.54) is 5.56 Å². The molecule has 5 aromatic rings. The molecule has 0 saturated heterocycles. The largest absolute Gasteiger partial charge is 0.494 e. The molecule has 2 amide bonds. The van der Waals surface area contributed by atoms with Crippen molar-refractivity contribution >= 4 is 11.7 Å². The summed E-state index contributed by atoms with van der Waals surface area (Å²) in [6, 6.07) is 29.9. The minimum absolute atomic E-state index is 0.179. The highest BCUT2D eigenvalue weighted by atomic mass is 16.5. The SMILES string of the molecule is CCOc1ccc(NC(=O)N2Cc3c(C)nn(-c4ccccc4)c3-n3cccc3[C@H]2c2ccc(CC)cc2)cc1. The predicted molar refractivity (Wildman–Crippen MR) is 157 cm³/mol. The van der Waals surface area contributed by atoms with Gasteiger partial charge in [0.05, 0.1) is 36.3 Å². The molecule has 0 aliphatic carbocycles. The van der Waals surface area contributed by atoms with E-state index < -0.39 is 0 Å². The quantitative estimate of drug-likeness (QED) is 0.255. The maximum atomic E-state index is 14.1. The Morgan fingerprint density at radius 3 is 2.40 bits per heavy atom. The first-order chi connectivity index (χ1) is 19.6. The Morgan fingerprint density at radius 1 is 0.950 bits per heavy atom. The smallest absolute Gasteiger partial charge is 0.322 e. The highest BCUT2D eigenvalue weighted by Gasteiger charge is 2.36. The third kappa shape index (κ3) is 4.64. The molecule has 0 bridgehead atoms. The lowest BCUT2D eigenvalue weighted by Crippen LogP contribution is -2.38. The number of hydrogen-bond donors (Lipinski definition) is 1. The normalized spacial score (nSPS) is 14.3. The van der Waals surface area contributed by atoms with Crippen LogP contribution in [0.1, 0.15) is 48.0 Å². The lowest BCUT2D eigenvalue weighted by molar-refractivity contribution is 0.194. The summed E-state index contributed by atoms with van der Waals surface area (Å²) in [6.45, 7) is 7.11. The monoisotopic (exact) mass is 531 g/mol. The standard InChI is InChI=1S/C33H33N5O2/c1-4-24-13-15-25(16-14-24)31-30-12-9-21-36(30)32-29(23(3)35-38(32)27-10-7-6-8-11-27)22-37(31)33(39)34-26-17-19-28(20-18-26)40-5-2/h6-21,31H,4-5,22H2,1-3H3,(H,34,39)/t31-/m1/s1. The number of ether oxygens (including phenoxy) is 1. The fraction of sp³-hybridized carbons (Fsp3) is 0.212. The number of nitrogens with zero attached hydrogens (tertiary/aromatic N) is 4. The molecule has 3 aromatic carbocycles. The molecule has 1 atom stereocenters. The average molecular weight is 532 g/mol. The van der Waals surface area contributed by atoms with E-state index in [2.05, 4.69) is 65.5 Å². The fourth-order valence-electron chi connectivity index (χ4n) is 5.43. The molecule has 7 heteroatoms. The van der Waals surface area contributed by atoms with Crippen molar-refractivity contribution in [2.75, 3.05) is 11.9 Å². The van der Waals surface area contributed by atoms with Gasteiger partial charge in [0.25, 0.3) is 0 Å². The maximum absolute atomic E-state index is 14.1. The van der Waals surface area contributed by atoms with Gasteiger partial charge < -0.3 is 19.5 Å². The minimum atomic E-state index is -0.306. The molecule has 40 heavy (non-hydrogen) atoms. The number of urea groups is 1. The number of carbonyl (C=O) groups excluding carboxylic acids is 1. The summed E-state index contributed by atoms with van der Waals surface area (Å²) < 4.78 is 9.75. The number of nitrogens with one attached hydrogen (secondary N) is 1. The molecule has 3 heterocycles. The summed E-state index contributed by atoms with van der Waals surface area (Å²) in [5, 5.41) is 8.07. The van der Waals surface area contributed by atoms with E-state index in [-0.39, 0.29) is 12.1 Å². The number of carbonyl (C=O) groups is 1. The van der Waals surface area contributed by atoms with Crippen LogP contribution in [0, 0.1) is 6.92 Å². The summed E-state index contributed by atoms with van der Waals surface area (Å²) in [7, 11) is 0. The lowest BCUT2D eigenvalue weighted by atomic mass is 9.99. The van der Waals surface area contributed by atoms with Gasteiger partial charge in [-0.25, -0.2) is 9.48 Å². The molecule has 0 spiro atoms. The van der Waals surface area contributed by atoms with Crippen LogP contribution in [-0.4, -0.2) is 31.9 Å². The number of aryl methyl sites for hydroxylation is 2. The van der Waals surface area contributed by atoms with Crippen LogP contribution in [0.15, 0.2) is 97.2 Å². The Balaban J connectivity index is 1.47. The molecule has 7 nitrogen and oxygen atoms in total. The van der Waals surface area contributed by atoms with Crippen LogP contribution < -0.4 is 10.1 Å². The van der Waals surface area contributed by atoms with Crippen LogP contribution >= 0.6 is 0 Å². The Morgan fingerprint density at radius 2 is 1.70 bits per heavy atom. The second kappa shape index (κ2) is 10.8.